The van der Waals surface area contributed by atoms with Crippen molar-refractivity contribution in [2.45, 2.75) is 26.2 Å². The van der Waals surface area contributed by atoms with E-state index in [1.807, 2.05) is 41.0 Å². The third-order valence-electron chi connectivity index (χ3n) is 4.23. The zero-order chi connectivity index (χ0) is 16.9. The van der Waals surface area contributed by atoms with Crippen LogP contribution in [0.3, 0.4) is 0 Å². The molecule has 0 atom stereocenters. The molecule has 2 heterocycles. The lowest BCUT2D eigenvalue weighted by atomic mass is 10.1. The van der Waals surface area contributed by atoms with Crippen LogP contribution in [0.1, 0.15) is 24.8 Å². The first-order valence-electron chi connectivity index (χ1n) is 8.26. The second kappa shape index (κ2) is 7.66. The summed E-state index contributed by atoms with van der Waals surface area (Å²) < 4.78 is 5.57. The smallest absolute Gasteiger partial charge is 0.318 e. The molecule has 0 saturated carbocycles. The van der Waals surface area contributed by atoms with Gasteiger partial charge >= 0.3 is 6.01 Å². The van der Waals surface area contributed by atoms with Gasteiger partial charge < -0.3 is 14.2 Å². The van der Waals surface area contributed by atoms with Gasteiger partial charge in [-0.3, -0.25) is 4.79 Å². The predicted octanol–water partition coefficient (Wildman–Crippen LogP) is 2.57. The number of piperazine rings is 1. The van der Waals surface area contributed by atoms with Crippen LogP contribution in [0.2, 0.25) is 5.02 Å². The number of aryl methyl sites for hydroxylation is 2. The molecule has 7 heteroatoms. The number of carbonyl (C=O) groups is 1. The van der Waals surface area contributed by atoms with E-state index in [-0.39, 0.29) is 5.91 Å². The van der Waals surface area contributed by atoms with Gasteiger partial charge in [0.2, 0.25) is 11.8 Å². The number of hydrogen-bond donors (Lipinski definition) is 0. The highest BCUT2D eigenvalue weighted by atomic mass is 35.5. The van der Waals surface area contributed by atoms with Gasteiger partial charge in [-0.15, -0.1) is 5.10 Å². The standard InChI is InChI=1S/C17H21ClN4O2/c1-2-15-19-20-17(24-15)22-11-9-21(10-12-22)16(23)8-7-13-5-3-4-6-14(13)18/h3-6H,2,7-12H2,1H3. The Kier molecular flexibility index (Phi) is 5.35. The maximum Gasteiger partial charge on any atom is 0.318 e. The molecule has 0 aliphatic carbocycles. The first-order chi connectivity index (χ1) is 11.7. The Morgan fingerprint density at radius 1 is 1.21 bits per heavy atom. The second-order valence-electron chi connectivity index (χ2n) is 5.79. The Morgan fingerprint density at radius 2 is 1.96 bits per heavy atom. The molecule has 3 rings (SSSR count). The van der Waals surface area contributed by atoms with E-state index < -0.39 is 0 Å². The van der Waals surface area contributed by atoms with Crippen molar-refractivity contribution in [1.82, 2.24) is 15.1 Å². The van der Waals surface area contributed by atoms with Crippen molar-refractivity contribution >= 4 is 23.5 Å². The number of anilines is 1. The number of nitrogens with zero attached hydrogens (tertiary/aromatic N) is 4. The molecule has 1 fully saturated rings. The number of aromatic nitrogens is 2. The molecule has 0 N–H and O–H groups in total. The molecule has 6 nitrogen and oxygen atoms in total. The third kappa shape index (κ3) is 3.87. The molecule has 1 aliphatic heterocycles. The van der Waals surface area contributed by atoms with E-state index in [2.05, 4.69) is 10.2 Å². The number of benzene rings is 1. The number of carbonyl (C=O) groups excluding carboxylic acids is 1. The van der Waals surface area contributed by atoms with Crippen LogP contribution in [-0.2, 0) is 17.6 Å². The van der Waals surface area contributed by atoms with Gasteiger partial charge in [-0.1, -0.05) is 41.8 Å². The number of halogens is 1. The van der Waals surface area contributed by atoms with Crippen LogP contribution in [0.25, 0.3) is 0 Å². The normalized spacial score (nSPS) is 14.9. The van der Waals surface area contributed by atoms with Gasteiger partial charge in [0.1, 0.15) is 0 Å². The van der Waals surface area contributed by atoms with Crippen molar-refractivity contribution in [2.75, 3.05) is 31.1 Å². The molecule has 1 saturated heterocycles. The summed E-state index contributed by atoms with van der Waals surface area (Å²) in [6, 6.07) is 8.21. The summed E-state index contributed by atoms with van der Waals surface area (Å²) in [6.07, 6.45) is 1.88. The van der Waals surface area contributed by atoms with E-state index in [0.717, 1.165) is 17.0 Å². The van der Waals surface area contributed by atoms with Crippen molar-refractivity contribution in [3.8, 4) is 0 Å². The molecule has 0 spiro atoms. The zero-order valence-corrected chi connectivity index (χ0v) is 14.5. The van der Waals surface area contributed by atoms with Crippen LogP contribution in [0.15, 0.2) is 28.7 Å². The first-order valence-corrected chi connectivity index (χ1v) is 8.63. The quantitative estimate of drug-likeness (QED) is 0.831. The average molecular weight is 349 g/mol. The molecule has 0 radical (unpaired) electrons. The summed E-state index contributed by atoms with van der Waals surface area (Å²) in [5.74, 6) is 0.803. The van der Waals surface area contributed by atoms with Crippen LogP contribution in [-0.4, -0.2) is 47.2 Å². The third-order valence-corrected chi connectivity index (χ3v) is 4.60. The fourth-order valence-electron chi connectivity index (χ4n) is 2.76. The number of hydrogen-bond acceptors (Lipinski definition) is 5. The van der Waals surface area contributed by atoms with Crippen LogP contribution >= 0.6 is 11.6 Å². The Bertz CT molecular complexity index is 695. The SMILES string of the molecule is CCc1nnc(N2CCN(C(=O)CCc3ccccc3Cl)CC2)o1. The lowest BCUT2D eigenvalue weighted by Crippen LogP contribution is -2.49. The largest absolute Gasteiger partial charge is 0.408 e. The summed E-state index contributed by atoms with van der Waals surface area (Å²) in [5.41, 5.74) is 1.02. The first kappa shape index (κ1) is 16.8. The van der Waals surface area contributed by atoms with Gasteiger partial charge in [-0.25, -0.2) is 0 Å². The van der Waals surface area contributed by atoms with Crippen molar-refractivity contribution in [3.05, 3.63) is 40.7 Å². The maximum atomic E-state index is 12.4. The fourth-order valence-corrected chi connectivity index (χ4v) is 2.99. The molecule has 1 amide bonds. The Balaban J connectivity index is 1.49. The highest BCUT2D eigenvalue weighted by Crippen LogP contribution is 2.18. The van der Waals surface area contributed by atoms with Crippen molar-refractivity contribution in [3.63, 3.8) is 0 Å². The highest BCUT2D eigenvalue weighted by molar-refractivity contribution is 6.31. The summed E-state index contributed by atoms with van der Waals surface area (Å²) in [7, 11) is 0. The lowest BCUT2D eigenvalue weighted by Gasteiger charge is -2.33. The molecule has 1 aromatic carbocycles. The monoisotopic (exact) mass is 348 g/mol. The summed E-state index contributed by atoms with van der Waals surface area (Å²) in [5, 5.41) is 8.76. The minimum atomic E-state index is 0.161. The van der Waals surface area contributed by atoms with Gasteiger partial charge in [-0.2, -0.15) is 0 Å². The van der Waals surface area contributed by atoms with Gasteiger partial charge in [0, 0.05) is 44.0 Å². The molecule has 1 aliphatic rings. The van der Waals surface area contributed by atoms with Crippen LogP contribution in [0, 0.1) is 0 Å². The van der Waals surface area contributed by atoms with E-state index in [1.165, 1.54) is 0 Å². The molecule has 24 heavy (non-hydrogen) atoms. The van der Waals surface area contributed by atoms with Crippen molar-refractivity contribution in [2.24, 2.45) is 0 Å². The fraction of sp³-hybridized carbons (Fsp3) is 0.471. The van der Waals surface area contributed by atoms with Gasteiger partial charge in [0.25, 0.3) is 0 Å². The van der Waals surface area contributed by atoms with E-state index in [9.17, 15) is 4.79 Å². The van der Waals surface area contributed by atoms with E-state index in [0.29, 0.717) is 50.9 Å². The molecule has 0 bridgehead atoms. The Hall–Kier alpha value is -2.08. The predicted molar refractivity (Wildman–Crippen MR) is 92.2 cm³/mol. The summed E-state index contributed by atoms with van der Waals surface area (Å²) in [6.45, 7) is 4.75. The topological polar surface area (TPSA) is 62.5 Å². The second-order valence-corrected chi connectivity index (χ2v) is 6.20. The van der Waals surface area contributed by atoms with Crippen molar-refractivity contribution in [1.29, 1.82) is 0 Å². The molecular formula is C17H21ClN4O2. The van der Waals surface area contributed by atoms with Crippen molar-refractivity contribution < 1.29 is 9.21 Å². The molecule has 1 aromatic heterocycles. The Labute approximate surface area is 146 Å². The molecule has 0 unspecified atom stereocenters. The number of rotatable bonds is 5. The van der Waals surface area contributed by atoms with Gasteiger partial charge in [-0.05, 0) is 18.1 Å². The van der Waals surface area contributed by atoms with Crippen LogP contribution in [0.5, 0.6) is 0 Å². The van der Waals surface area contributed by atoms with Gasteiger partial charge in [0.05, 0.1) is 0 Å². The average Bonchev–Trinajstić information content (AvgIpc) is 3.10. The minimum Gasteiger partial charge on any atom is -0.408 e. The van der Waals surface area contributed by atoms with Crippen LogP contribution < -0.4 is 4.90 Å². The lowest BCUT2D eigenvalue weighted by molar-refractivity contribution is -0.131. The summed E-state index contributed by atoms with van der Waals surface area (Å²) >= 11 is 6.14. The van der Waals surface area contributed by atoms with E-state index in [4.69, 9.17) is 16.0 Å². The summed E-state index contributed by atoms with van der Waals surface area (Å²) in [4.78, 5) is 16.3. The zero-order valence-electron chi connectivity index (χ0n) is 13.7. The molecule has 128 valence electrons. The minimum absolute atomic E-state index is 0.161. The molecule has 2 aromatic rings. The van der Waals surface area contributed by atoms with Crippen LogP contribution in [0.4, 0.5) is 6.01 Å². The maximum absolute atomic E-state index is 12.4. The highest BCUT2D eigenvalue weighted by Gasteiger charge is 2.24. The van der Waals surface area contributed by atoms with Gasteiger partial charge in [0.15, 0.2) is 0 Å². The number of amides is 1. The molecular weight excluding hydrogens is 328 g/mol. The van der Waals surface area contributed by atoms with E-state index >= 15 is 0 Å². The van der Waals surface area contributed by atoms with E-state index in [1.54, 1.807) is 0 Å². The Morgan fingerprint density at radius 3 is 2.62 bits per heavy atom.